The van der Waals surface area contributed by atoms with Crippen LogP contribution < -0.4 is 11.1 Å². The lowest BCUT2D eigenvalue weighted by Crippen LogP contribution is -2.39. The number of nitrogens with zero attached hydrogens (tertiary/aromatic N) is 2. The minimum atomic E-state index is -0.645. The van der Waals surface area contributed by atoms with Crippen LogP contribution in [0.2, 0.25) is 0 Å². The number of aromatic nitrogens is 1. The van der Waals surface area contributed by atoms with Crippen LogP contribution >= 0.6 is 11.3 Å². The van der Waals surface area contributed by atoms with Gasteiger partial charge in [-0.1, -0.05) is 18.2 Å². The van der Waals surface area contributed by atoms with Gasteiger partial charge in [0.05, 0.1) is 15.2 Å². The summed E-state index contributed by atoms with van der Waals surface area (Å²) in [6.45, 7) is 1.39. The third kappa shape index (κ3) is 3.78. The first kappa shape index (κ1) is 17.5. The van der Waals surface area contributed by atoms with Crippen LogP contribution in [0.3, 0.4) is 0 Å². The summed E-state index contributed by atoms with van der Waals surface area (Å²) in [5, 5.41) is 3.61. The molecule has 3 amide bonds. The number of hydrogen-bond acceptors (Lipinski definition) is 4. The van der Waals surface area contributed by atoms with Gasteiger partial charge in [-0.25, -0.2) is 9.78 Å². The van der Waals surface area contributed by atoms with Crippen molar-refractivity contribution in [2.75, 3.05) is 18.4 Å². The van der Waals surface area contributed by atoms with E-state index in [1.165, 1.54) is 4.70 Å². The lowest BCUT2D eigenvalue weighted by molar-refractivity contribution is 0.0707. The highest BCUT2D eigenvalue weighted by molar-refractivity contribution is 7.18. The first-order valence-electron chi connectivity index (χ1n) is 8.91. The fraction of sp³-hybridized carbons (Fsp3) is 0.250. The van der Waals surface area contributed by atoms with Crippen molar-refractivity contribution in [2.24, 2.45) is 5.73 Å². The molecule has 1 atom stereocenters. The van der Waals surface area contributed by atoms with Crippen molar-refractivity contribution < 1.29 is 9.59 Å². The number of carbonyl (C=O) groups excluding carboxylic acids is 2. The molecular formula is C20H20N4O2S. The van der Waals surface area contributed by atoms with Crippen LogP contribution in [0.4, 0.5) is 10.5 Å². The lowest BCUT2D eigenvalue weighted by Gasteiger charge is -2.32. The van der Waals surface area contributed by atoms with Gasteiger partial charge in [0.1, 0.15) is 0 Å². The maximum absolute atomic E-state index is 13.0. The summed E-state index contributed by atoms with van der Waals surface area (Å²) in [6.07, 6.45) is 1.98. The van der Waals surface area contributed by atoms with E-state index >= 15 is 0 Å². The second kappa shape index (κ2) is 7.36. The molecule has 0 bridgehead atoms. The fourth-order valence-corrected chi connectivity index (χ4v) is 4.58. The Labute approximate surface area is 161 Å². The van der Waals surface area contributed by atoms with E-state index < -0.39 is 6.03 Å². The third-order valence-electron chi connectivity index (χ3n) is 4.75. The van der Waals surface area contributed by atoms with Gasteiger partial charge in [0.25, 0.3) is 5.91 Å². The van der Waals surface area contributed by atoms with E-state index in [4.69, 9.17) is 10.7 Å². The van der Waals surface area contributed by atoms with Crippen LogP contribution in [-0.4, -0.2) is 34.9 Å². The van der Waals surface area contributed by atoms with E-state index in [1.807, 2.05) is 23.1 Å². The number of urea groups is 1. The van der Waals surface area contributed by atoms with Crippen LogP contribution in [0.25, 0.3) is 10.2 Å². The maximum atomic E-state index is 13.0. The molecule has 1 saturated heterocycles. The van der Waals surface area contributed by atoms with E-state index in [1.54, 1.807) is 35.6 Å². The number of primary amides is 1. The van der Waals surface area contributed by atoms with E-state index in [9.17, 15) is 9.59 Å². The van der Waals surface area contributed by atoms with Crippen molar-refractivity contribution in [3.63, 3.8) is 0 Å². The Kier molecular flexibility index (Phi) is 4.77. The molecule has 3 N–H and O–H groups in total. The second-order valence-corrected chi connectivity index (χ2v) is 7.74. The first-order valence-corrected chi connectivity index (χ1v) is 9.73. The topological polar surface area (TPSA) is 88.3 Å². The molecule has 1 aliphatic rings. The number of benzene rings is 2. The number of fused-ring (bicyclic) bond motifs is 1. The highest BCUT2D eigenvalue weighted by atomic mass is 32.1. The van der Waals surface area contributed by atoms with Gasteiger partial charge in [0.2, 0.25) is 0 Å². The van der Waals surface area contributed by atoms with Gasteiger partial charge in [-0.05, 0) is 43.2 Å². The van der Waals surface area contributed by atoms with E-state index in [0.717, 1.165) is 29.9 Å². The SMILES string of the molecule is NC(=O)Nc1cccc(C(=O)N2CCCC(c3nc4ccccc4s3)C2)c1. The molecule has 138 valence electrons. The molecular weight excluding hydrogens is 360 g/mol. The van der Waals surface area contributed by atoms with Gasteiger partial charge in [0.15, 0.2) is 0 Å². The molecule has 6 nitrogen and oxygen atoms in total. The number of para-hydroxylation sites is 1. The number of amides is 3. The third-order valence-corrected chi connectivity index (χ3v) is 5.94. The Balaban J connectivity index is 1.52. The number of hydrogen-bond donors (Lipinski definition) is 2. The normalized spacial score (nSPS) is 17.0. The number of rotatable bonds is 3. The fourth-order valence-electron chi connectivity index (χ4n) is 3.48. The quantitative estimate of drug-likeness (QED) is 0.724. The average Bonchev–Trinajstić information content (AvgIpc) is 3.11. The highest BCUT2D eigenvalue weighted by Gasteiger charge is 2.27. The summed E-state index contributed by atoms with van der Waals surface area (Å²) < 4.78 is 1.18. The number of piperidine rings is 1. The summed E-state index contributed by atoms with van der Waals surface area (Å²) in [6, 6.07) is 14.4. The van der Waals surface area contributed by atoms with Crippen molar-refractivity contribution in [3.05, 3.63) is 59.1 Å². The number of thiazole rings is 1. The Morgan fingerprint density at radius 2 is 2.04 bits per heavy atom. The number of nitrogens with two attached hydrogens (primary N) is 1. The zero-order chi connectivity index (χ0) is 18.8. The van der Waals surface area contributed by atoms with Crippen LogP contribution in [0, 0.1) is 0 Å². The summed E-state index contributed by atoms with van der Waals surface area (Å²) in [4.78, 5) is 30.6. The van der Waals surface area contributed by atoms with Crippen LogP contribution in [0.15, 0.2) is 48.5 Å². The molecule has 0 aliphatic carbocycles. The number of likely N-dealkylation sites (tertiary alicyclic amines) is 1. The Morgan fingerprint density at radius 3 is 2.85 bits per heavy atom. The molecule has 0 spiro atoms. The predicted octanol–water partition coefficient (Wildman–Crippen LogP) is 3.81. The summed E-state index contributed by atoms with van der Waals surface area (Å²) in [5.41, 5.74) is 7.25. The molecule has 0 radical (unpaired) electrons. The molecule has 1 aliphatic heterocycles. The molecule has 0 saturated carbocycles. The smallest absolute Gasteiger partial charge is 0.316 e. The van der Waals surface area contributed by atoms with Gasteiger partial charge in [-0.2, -0.15) is 0 Å². The molecule has 27 heavy (non-hydrogen) atoms. The number of nitrogens with one attached hydrogen (secondary N) is 1. The molecule has 1 fully saturated rings. The van der Waals surface area contributed by atoms with Crippen LogP contribution in [0.5, 0.6) is 0 Å². The van der Waals surface area contributed by atoms with Crippen LogP contribution in [0.1, 0.15) is 34.1 Å². The van der Waals surface area contributed by atoms with Crippen molar-refractivity contribution >= 4 is 39.2 Å². The summed E-state index contributed by atoms with van der Waals surface area (Å²) in [7, 11) is 0. The largest absolute Gasteiger partial charge is 0.351 e. The zero-order valence-electron chi connectivity index (χ0n) is 14.7. The number of carbonyl (C=O) groups is 2. The molecule has 1 aromatic heterocycles. The summed E-state index contributed by atoms with van der Waals surface area (Å²) >= 11 is 1.71. The van der Waals surface area contributed by atoms with Gasteiger partial charge < -0.3 is 16.0 Å². The molecule has 1 unspecified atom stereocenters. The van der Waals surface area contributed by atoms with Crippen molar-refractivity contribution in [1.29, 1.82) is 0 Å². The molecule has 3 aromatic rings. The monoisotopic (exact) mass is 380 g/mol. The van der Waals surface area contributed by atoms with Crippen LogP contribution in [-0.2, 0) is 0 Å². The van der Waals surface area contributed by atoms with Crippen molar-refractivity contribution in [1.82, 2.24) is 9.88 Å². The average molecular weight is 380 g/mol. The summed E-state index contributed by atoms with van der Waals surface area (Å²) in [5.74, 6) is 0.223. The lowest BCUT2D eigenvalue weighted by atomic mass is 9.98. The van der Waals surface area contributed by atoms with Gasteiger partial charge in [-0.15, -0.1) is 11.3 Å². The minimum absolute atomic E-state index is 0.0334. The minimum Gasteiger partial charge on any atom is -0.351 e. The van der Waals surface area contributed by atoms with E-state index in [0.29, 0.717) is 17.8 Å². The Bertz CT molecular complexity index is 967. The van der Waals surface area contributed by atoms with Gasteiger partial charge in [-0.3, -0.25) is 4.79 Å². The molecule has 2 aromatic carbocycles. The highest BCUT2D eigenvalue weighted by Crippen LogP contribution is 2.33. The van der Waals surface area contributed by atoms with E-state index in [-0.39, 0.29) is 11.8 Å². The maximum Gasteiger partial charge on any atom is 0.316 e. The standard InChI is InChI=1S/C20H20N4O2S/c21-20(26)22-15-7-3-5-13(11-15)19(25)24-10-4-6-14(12-24)18-23-16-8-1-2-9-17(16)27-18/h1-3,5,7-9,11,14H,4,6,10,12H2,(H3,21,22,26). The van der Waals surface area contributed by atoms with Gasteiger partial charge >= 0.3 is 6.03 Å². The van der Waals surface area contributed by atoms with E-state index in [2.05, 4.69) is 11.4 Å². The first-order chi connectivity index (χ1) is 13.1. The molecule has 2 heterocycles. The Hall–Kier alpha value is -2.93. The number of anilines is 1. The second-order valence-electron chi connectivity index (χ2n) is 6.68. The zero-order valence-corrected chi connectivity index (χ0v) is 15.5. The predicted molar refractivity (Wildman–Crippen MR) is 107 cm³/mol. The molecule has 7 heteroatoms. The van der Waals surface area contributed by atoms with Crippen molar-refractivity contribution in [3.8, 4) is 0 Å². The van der Waals surface area contributed by atoms with Gasteiger partial charge in [0, 0.05) is 30.3 Å². The molecule has 4 rings (SSSR count). The Morgan fingerprint density at radius 1 is 1.19 bits per heavy atom. The van der Waals surface area contributed by atoms with Crippen molar-refractivity contribution in [2.45, 2.75) is 18.8 Å².